The van der Waals surface area contributed by atoms with Gasteiger partial charge in [-0.25, -0.2) is 0 Å². The van der Waals surface area contributed by atoms with E-state index in [2.05, 4.69) is 26.6 Å². The molecule has 0 aliphatic carbocycles. The smallest absolute Gasteiger partial charge is 0.251 e. The number of hydrogen-bond acceptors (Lipinski definition) is 2. The molecule has 1 aliphatic rings. The minimum absolute atomic E-state index is 0.0499. The Kier molecular flexibility index (Phi) is 3.84. The molecule has 1 aromatic rings. The normalized spacial score (nSPS) is 19.8. The third-order valence-corrected chi connectivity index (χ3v) is 3.79. The van der Waals surface area contributed by atoms with E-state index in [0.717, 1.165) is 24.0 Å². The highest BCUT2D eigenvalue weighted by Crippen LogP contribution is 2.23. The number of hydrogen-bond donors (Lipinski definition) is 2. The van der Waals surface area contributed by atoms with E-state index in [1.807, 2.05) is 0 Å². The Morgan fingerprint density at radius 3 is 3.00 bits per heavy atom. The number of carbonyl (C=O) groups is 1. The topological polar surface area (TPSA) is 41.1 Å². The van der Waals surface area contributed by atoms with Crippen molar-refractivity contribution in [2.45, 2.75) is 12.5 Å². The molecule has 1 aliphatic heterocycles. The largest absolute Gasteiger partial charge is 0.348 e. The molecule has 0 saturated carbocycles. The maximum Gasteiger partial charge on any atom is 0.251 e. The molecule has 2 N–H and O–H groups in total. The van der Waals surface area contributed by atoms with Crippen LogP contribution in [0.2, 0.25) is 5.02 Å². The first-order valence-corrected chi connectivity index (χ1v) is 6.30. The van der Waals surface area contributed by atoms with Gasteiger partial charge in [-0.15, -0.1) is 0 Å². The summed E-state index contributed by atoms with van der Waals surface area (Å²) in [5.41, 5.74) is 0.628. The Balaban J connectivity index is 2.05. The van der Waals surface area contributed by atoms with Crippen LogP contribution < -0.4 is 10.6 Å². The van der Waals surface area contributed by atoms with Gasteiger partial charge in [-0.1, -0.05) is 11.6 Å². The average Bonchev–Trinajstić information content (AvgIpc) is 2.74. The lowest BCUT2D eigenvalue weighted by molar-refractivity contribution is 0.0940. The van der Waals surface area contributed by atoms with E-state index in [9.17, 15) is 4.79 Å². The molecule has 1 atom stereocenters. The maximum absolute atomic E-state index is 11.9. The van der Waals surface area contributed by atoms with Crippen molar-refractivity contribution in [3.8, 4) is 0 Å². The highest BCUT2D eigenvalue weighted by molar-refractivity contribution is 9.10. The van der Waals surface area contributed by atoms with Gasteiger partial charge < -0.3 is 10.6 Å². The summed E-state index contributed by atoms with van der Waals surface area (Å²) in [5.74, 6) is -0.0499. The van der Waals surface area contributed by atoms with Gasteiger partial charge in [0.2, 0.25) is 0 Å². The van der Waals surface area contributed by atoms with E-state index < -0.39 is 0 Å². The molecular formula is C11H12BrClN2O. The van der Waals surface area contributed by atoms with Crippen LogP contribution in [0.4, 0.5) is 0 Å². The van der Waals surface area contributed by atoms with E-state index in [-0.39, 0.29) is 11.9 Å². The monoisotopic (exact) mass is 302 g/mol. The van der Waals surface area contributed by atoms with Gasteiger partial charge in [-0.3, -0.25) is 4.79 Å². The van der Waals surface area contributed by atoms with Crippen LogP contribution in [0.15, 0.2) is 22.7 Å². The third kappa shape index (κ3) is 2.75. The Hall–Kier alpha value is -0.580. The van der Waals surface area contributed by atoms with Gasteiger partial charge >= 0.3 is 0 Å². The summed E-state index contributed by atoms with van der Waals surface area (Å²) < 4.78 is 0.742. The highest BCUT2D eigenvalue weighted by Gasteiger charge is 2.17. The van der Waals surface area contributed by atoms with Crippen LogP contribution in [0, 0.1) is 0 Å². The van der Waals surface area contributed by atoms with Gasteiger partial charge in [0.15, 0.2) is 0 Å². The van der Waals surface area contributed by atoms with Gasteiger partial charge in [0.05, 0.1) is 5.02 Å². The van der Waals surface area contributed by atoms with Gasteiger partial charge in [0.25, 0.3) is 5.91 Å². The quantitative estimate of drug-likeness (QED) is 0.879. The maximum atomic E-state index is 11.9. The number of rotatable bonds is 2. The zero-order valence-electron chi connectivity index (χ0n) is 8.59. The summed E-state index contributed by atoms with van der Waals surface area (Å²) >= 11 is 9.17. The van der Waals surface area contributed by atoms with Crippen LogP contribution >= 0.6 is 27.5 Å². The second kappa shape index (κ2) is 5.17. The first kappa shape index (κ1) is 11.9. The number of halogens is 2. The van der Waals surface area contributed by atoms with Crippen molar-refractivity contribution in [2.24, 2.45) is 0 Å². The molecule has 0 radical (unpaired) electrons. The number of carbonyl (C=O) groups excluding carboxylic acids is 1. The summed E-state index contributed by atoms with van der Waals surface area (Å²) in [4.78, 5) is 11.9. The van der Waals surface area contributed by atoms with Crippen molar-refractivity contribution in [1.29, 1.82) is 0 Å². The van der Waals surface area contributed by atoms with Gasteiger partial charge in [0.1, 0.15) is 0 Å². The molecule has 1 saturated heterocycles. The average molecular weight is 304 g/mol. The van der Waals surface area contributed by atoms with E-state index in [0.29, 0.717) is 10.6 Å². The summed E-state index contributed by atoms with van der Waals surface area (Å²) in [7, 11) is 0. The van der Waals surface area contributed by atoms with Crippen molar-refractivity contribution in [3.63, 3.8) is 0 Å². The fourth-order valence-electron chi connectivity index (χ4n) is 1.68. The minimum Gasteiger partial charge on any atom is -0.348 e. The van der Waals surface area contributed by atoms with E-state index in [4.69, 9.17) is 11.6 Å². The Morgan fingerprint density at radius 2 is 2.38 bits per heavy atom. The lowest BCUT2D eigenvalue weighted by atomic mass is 10.2. The Morgan fingerprint density at radius 1 is 1.56 bits per heavy atom. The molecular weight excluding hydrogens is 291 g/mol. The molecule has 0 aromatic heterocycles. The van der Waals surface area contributed by atoms with Crippen LogP contribution in [0.5, 0.6) is 0 Å². The molecule has 0 bridgehead atoms. The van der Waals surface area contributed by atoms with E-state index >= 15 is 0 Å². The van der Waals surface area contributed by atoms with Crippen molar-refractivity contribution >= 4 is 33.4 Å². The van der Waals surface area contributed by atoms with E-state index in [1.165, 1.54) is 0 Å². The predicted molar refractivity (Wildman–Crippen MR) is 67.9 cm³/mol. The fraction of sp³-hybridized carbons (Fsp3) is 0.364. The molecule has 86 valence electrons. The molecule has 0 spiro atoms. The van der Waals surface area contributed by atoms with Crippen LogP contribution in [0.3, 0.4) is 0 Å². The van der Waals surface area contributed by atoms with Crippen molar-refractivity contribution in [2.75, 3.05) is 13.1 Å². The van der Waals surface area contributed by atoms with Crippen molar-refractivity contribution in [3.05, 3.63) is 33.3 Å². The van der Waals surface area contributed by atoms with Crippen LogP contribution in [-0.4, -0.2) is 25.0 Å². The Bertz CT molecular complexity index is 405. The van der Waals surface area contributed by atoms with Crippen LogP contribution in [-0.2, 0) is 0 Å². The highest BCUT2D eigenvalue weighted by atomic mass is 79.9. The van der Waals surface area contributed by atoms with Crippen LogP contribution in [0.1, 0.15) is 16.8 Å². The number of amides is 1. The standard InChI is InChI=1S/C11H12BrClN2O/c12-9-5-7(1-2-10(9)13)11(16)15-8-3-4-14-6-8/h1-2,5,8,14H,3-4,6H2,(H,15,16)/t8-/m0/s1. The zero-order valence-corrected chi connectivity index (χ0v) is 10.9. The zero-order chi connectivity index (χ0) is 11.5. The molecule has 1 fully saturated rings. The lowest BCUT2D eigenvalue weighted by Gasteiger charge is -2.11. The third-order valence-electron chi connectivity index (χ3n) is 2.58. The van der Waals surface area contributed by atoms with E-state index in [1.54, 1.807) is 18.2 Å². The molecule has 1 heterocycles. The molecule has 0 unspecified atom stereocenters. The fourth-order valence-corrected chi connectivity index (χ4v) is 2.18. The van der Waals surface area contributed by atoms with Crippen molar-refractivity contribution < 1.29 is 4.79 Å². The summed E-state index contributed by atoms with van der Waals surface area (Å²) in [6, 6.07) is 5.42. The molecule has 1 amide bonds. The molecule has 5 heteroatoms. The summed E-state index contributed by atoms with van der Waals surface area (Å²) in [5, 5.41) is 6.79. The molecule has 16 heavy (non-hydrogen) atoms. The van der Waals surface area contributed by atoms with Crippen LogP contribution in [0.25, 0.3) is 0 Å². The lowest BCUT2D eigenvalue weighted by Crippen LogP contribution is -2.36. The first-order chi connectivity index (χ1) is 7.66. The van der Waals surface area contributed by atoms with Crippen molar-refractivity contribution in [1.82, 2.24) is 10.6 Å². The number of benzene rings is 1. The second-order valence-corrected chi connectivity index (χ2v) is 5.05. The second-order valence-electron chi connectivity index (χ2n) is 3.79. The van der Waals surface area contributed by atoms with Gasteiger partial charge in [-0.2, -0.15) is 0 Å². The predicted octanol–water partition coefficient (Wildman–Crippen LogP) is 2.19. The minimum atomic E-state index is -0.0499. The van der Waals surface area contributed by atoms with Gasteiger partial charge in [-0.05, 0) is 47.1 Å². The molecule has 1 aromatic carbocycles. The number of nitrogens with one attached hydrogen (secondary N) is 2. The first-order valence-electron chi connectivity index (χ1n) is 5.13. The Labute approximate surface area is 108 Å². The van der Waals surface area contributed by atoms with Gasteiger partial charge in [0, 0.05) is 22.6 Å². The SMILES string of the molecule is O=C(N[C@H]1CCNC1)c1ccc(Cl)c(Br)c1. The molecule has 3 nitrogen and oxygen atoms in total. The molecule has 2 rings (SSSR count). The summed E-state index contributed by atoms with van der Waals surface area (Å²) in [6.07, 6.45) is 0.987. The summed E-state index contributed by atoms with van der Waals surface area (Å²) in [6.45, 7) is 1.82.